The number of aliphatic hydroxyl groups excluding tert-OH is 2. The first-order valence-electron chi connectivity index (χ1n) is 8.88. The molecule has 3 aliphatic carbocycles. The fourth-order valence-electron chi connectivity index (χ4n) is 6.52. The molecule has 1 heterocycles. The number of fused-ring (bicyclic) bond motifs is 5. The Bertz CT molecular complexity index is 491. The first-order chi connectivity index (χ1) is 10.4. The molecule has 4 nitrogen and oxygen atoms in total. The number of ketones is 1. The van der Waals surface area contributed by atoms with Crippen LogP contribution in [0.5, 0.6) is 0 Å². The molecule has 0 unspecified atom stereocenters. The van der Waals surface area contributed by atoms with Gasteiger partial charge in [-0.1, -0.05) is 13.8 Å². The number of hydrogen-bond acceptors (Lipinski definition) is 4. The van der Waals surface area contributed by atoms with E-state index in [1.807, 2.05) is 0 Å². The number of ether oxygens (including phenoxy) is 1. The van der Waals surface area contributed by atoms with Crippen LogP contribution < -0.4 is 0 Å². The summed E-state index contributed by atoms with van der Waals surface area (Å²) < 4.78 is 5.62. The van der Waals surface area contributed by atoms with Gasteiger partial charge in [0.05, 0.1) is 6.61 Å². The highest BCUT2D eigenvalue weighted by molar-refractivity contribution is 5.91. The monoisotopic (exact) mass is 308 g/mol. The molecule has 4 heteroatoms. The van der Waals surface area contributed by atoms with Crippen molar-refractivity contribution in [3.8, 4) is 0 Å². The number of Topliss-reactive ketones (excluding diaryl/α,β-unsaturated/α-hetero) is 1. The van der Waals surface area contributed by atoms with E-state index in [-0.39, 0.29) is 16.6 Å². The van der Waals surface area contributed by atoms with Crippen molar-refractivity contribution in [2.45, 2.75) is 64.8 Å². The van der Waals surface area contributed by atoms with Crippen molar-refractivity contribution in [1.29, 1.82) is 0 Å². The first-order valence-corrected chi connectivity index (χ1v) is 8.88. The molecule has 0 aromatic heterocycles. The van der Waals surface area contributed by atoms with E-state index < -0.39 is 12.4 Å². The molecule has 124 valence electrons. The van der Waals surface area contributed by atoms with E-state index in [0.717, 1.165) is 32.1 Å². The number of rotatable bonds is 0. The summed E-state index contributed by atoms with van der Waals surface area (Å²) >= 11 is 0. The Morgan fingerprint density at radius 3 is 2.64 bits per heavy atom. The molecule has 0 aromatic rings. The van der Waals surface area contributed by atoms with E-state index >= 15 is 0 Å². The van der Waals surface area contributed by atoms with Crippen molar-refractivity contribution in [2.75, 3.05) is 6.61 Å². The van der Waals surface area contributed by atoms with E-state index in [1.54, 1.807) is 0 Å². The molecule has 22 heavy (non-hydrogen) atoms. The molecule has 4 rings (SSSR count). The third kappa shape index (κ3) is 1.83. The summed E-state index contributed by atoms with van der Waals surface area (Å²) in [4.78, 5) is 12.4. The van der Waals surface area contributed by atoms with Gasteiger partial charge in [0.15, 0.2) is 12.1 Å². The van der Waals surface area contributed by atoms with Crippen LogP contribution in [0.15, 0.2) is 0 Å². The van der Waals surface area contributed by atoms with Crippen LogP contribution in [0, 0.1) is 34.5 Å². The summed E-state index contributed by atoms with van der Waals surface area (Å²) in [5, 5.41) is 19.9. The zero-order valence-electron chi connectivity index (χ0n) is 13.6. The van der Waals surface area contributed by atoms with Crippen LogP contribution in [0.3, 0.4) is 0 Å². The minimum atomic E-state index is -0.747. The minimum Gasteiger partial charge on any atom is -0.385 e. The fourth-order valence-corrected chi connectivity index (χ4v) is 6.52. The lowest BCUT2D eigenvalue weighted by atomic mass is 9.47. The second-order valence-electron chi connectivity index (χ2n) is 8.73. The second kappa shape index (κ2) is 4.78. The molecule has 4 aliphatic rings. The molecule has 8 atom stereocenters. The van der Waals surface area contributed by atoms with Crippen molar-refractivity contribution in [3.05, 3.63) is 0 Å². The highest BCUT2D eigenvalue weighted by Crippen LogP contribution is 2.64. The molecular weight excluding hydrogens is 280 g/mol. The van der Waals surface area contributed by atoms with E-state index in [4.69, 9.17) is 4.74 Å². The van der Waals surface area contributed by atoms with Gasteiger partial charge in [-0.2, -0.15) is 0 Å². The van der Waals surface area contributed by atoms with E-state index in [2.05, 4.69) is 13.8 Å². The molecule has 3 saturated carbocycles. The van der Waals surface area contributed by atoms with Gasteiger partial charge in [0.25, 0.3) is 0 Å². The first kappa shape index (κ1) is 15.1. The van der Waals surface area contributed by atoms with Crippen LogP contribution in [-0.4, -0.2) is 35.0 Å². The molecule has 0 bridgehead atoms. The topological polar surface area (TPSA) is 66.8 Å². The van der Waals surface area contributed by atoms with Gasteiger partial charge in [-0.3, -0.25) is 4.79 Å². The number of carbonyl (C=O) groups excluding carboxylic acids is 1. The predicted molar refractivity (Wildman–Crippen MR) is 80.8 cm³/mol. The van der Waals surface area contributed by atoms with Crippen LogP contribution in [-0.2, 0) is 9.53 Å². The number of aliphatic hydroxyl groups is 2. The molecule has 0 spiro atoms. The van der Waals surface area contributed by atoms with E-state index in [0.29, 0.717) is 36.7 Å². The summed E-state index contributed by atoms with van der Waals surface area (Å²) in [6.45, 7) is 5.05. The number of carbonyl (C=O) groups is 1. The zero-order chi connectivity index (χ0) is 15.7. The Morgan fingerprint density at radius 2 is 1.86 bits per heavy atom. The maximum Gasteiger partial charge on any atom is 0.167 e. The van der Waals surface area contributed by atoms with Gasteiger partial charge in [0.2, 0.25) is 0 Å². The standard InChI is InChI=1S/C18H28O4/c1-17-6-5-12-11(13(17)8-14(19)16(17)21)4-3-10-7-15(20)22-9-18(10,12)2/h10-15,19-20H,3-9H2,1-2H3/t10-,11+,12-,13-,14-,15-,17-,18-/m0/s1. The fraction of sp³-hybridized carbons (Fsp3) is 0.944. The van der Waals surface area contributed by atoms with Gasteiger partial charge in [-0.15, -0.1) is 0 Å². The maximum atomic E-state index is 12.4. The molecule has 4 fully saturated rings. The largest absolute Gasteiger partial charge is 0.385 e. The number of hydrogen-bond donors (Lipinski definition) is 2. The zero-order valence-corrected chi connectivity index (χ0v) is 13.6. The Kier molecular flexibility index (Phi) is 3.28. The second-order valence-corrected chi connectivity index (χ2v) is 8.73. The van der Waals surface area contributed by atoms with Crippen molar-refractivity contribution >= 4 is 5.78 Å². The third-order valence-corrected chi connectivity index (χ3v) is 7.87. The normalized spacial score (nSPS) is 57.9. The average Bonchev–Trinajstić information content (AvgIpc) is 2.72. The highest BCUT2D eigenvalue weighted by atomic mass is 16.6. The lowest BCUT2D eigenvalue weighted by Crippen LogP contribution is -2.56. The SMILES string of the molecule is C[C@]12CO[C@H](O)C[C@@H]1CC[C@@H]1[C@@H]2CC[C@]2(C)C(=O)[C@@H](O)C[C@@H]12. The van der Waals surface area contributed by atoms with Crippen molar-refractivity contribution in [3.63, 3.8) is 0 Å². The maximum absolute atomic E-state index is 12.4. The van der Waals surface area contributed by atoms with Gasteiger partial charge in [-0.05, 0) is 61.2 Å². The summed E-state index contributed by atoms with van der Waals surface area (Å²) in [5.41, 5.74) is -0.182. The molecule has 1 saturated heterocycles. The Balaban J connectivity index is 1.64. The lowest BCUT2D eigenvalue weighted by Gasteiger charge is -2.59. The predicted octanol–water partition coefficient (Wildman–Crippen LogP) is 2.12. The Morgan fingerprint density at radius 1 is 1.09 bits per heavy atom. The Labute approximate surface area is 132 Å². The smallest absolute Gasteiger partial charge is 0.167 e. The highest BCUT2D eigenvalue weighted by Gasteiger charge is 2.62. The third-order valence-electron chi connectivity index (χ3n) is 7.87. The van der Waals surface area contributed by atoms with Crippen LogP contribution in [0.1, 0.15) is 52.4 Å². The lowest BCUT2D eigenvalue weighted by molar-refractivity contribution is -0.225. The molecule has 2 N–H and O–H groups in total. The van der Waals surface area contributed by atoms with Crippen molar-refractivity contribution in [1.82, 2.24) is 0 Å². The van der Waals surface area contributed by atoms with Crippen LogP contribution in [0.4, 0.5) is 0 Å². The van der Waals surface area contributed by atoms with Gasteiger partial charge in [0.1, 0.15) is 6.10 Å². The Hall–Kier alpha value is -0.450. The van der Waals surface area contributed by atoms with Crippen LogP contribution in [0.2, 0.25) is 0 Å². The molecule has 1 aliphatic heterocycles. The van der Waals surface area contributed by atoms with Crippen LogP contribution in [0.25, 0.3) is 0 Å². The summed E-state index contributed by atoms with van der Waals surface area (Å²) in [7, 11) is 0. The van der Waals surface area contributed by atoms with Gasteiger partial charge in [0, 0.05) is 11.8 Å². The molecule has 0 amide bonds. The van der Waals surface area contributed by atoms with Crippen molar-refractivity contribution in [2.24, 2.45) is 34.5 Å². The van der Waals surface area contributed by atoms with Gasteiger partial charge in [-0.25, -0.2) is 0 Å². The summed E-state index contributed by atoms with van der Waals surface area (Å²) in [6.07, 6.45) is 4.28. The molecule has 0 radical (unpaired) electrons. The minimum absolute atomic E-state index is 0.0820. The molecular formula is C18H28O4. The van der Waals surface area contributed by atoms with Gasteiger partial charge < -0.3 is 14.9 Å². The van der Waals surface area contributed by atoms with Gasteiger partial charge >= 0.3 is 0 Å². The summed E-state index contributed by atoms with van der Waals surface area (Å²) in [6, 6.07) is 0. The van der Waals surface area contributed by atoms with E-state index in [9.17, 15) is 15.0 Å². The van der Waals surface area contributed by atoms with E-state index in [1.165, 1.54) is 0 Å². The quantitative estimate of drug-likeness (QED) is 0.719. The van der Waals surface area contributed by atoms with Crippen molar-refractivity contribution < 1.29 is 19.7 Å². The summed E-state index contributed by atoms with van der Waals surface area (Å²) in [5.74, 6) is 2.04. The average molecular weight is 308 g/mol. The molecule has 0 aromatic carbocycles. The van der Waals surface area contributed by atoms with Crippen LogP contribution >= 0.6 is 0 Å².